The average molecular weight is 213 g/mol. The van der Waals surface area contributed by atoms with Crippen LogP contribution in [0.3, 0.4) is 0 Å². The molecule has 6 heteroatoms. The van der Waals surface area contributed by atoms with Crippen LogP contribution in [0.2, 0.25) is 0 Å². The summed E-state index contributed by atoms with van der Waals surface area (Å²) >= 11 is 0. The van der Waals surface area contributed by atoms with Crippen LogP contribution in [0.1, 0.15) is 12.8 Å². The van der Waals surface area contributed by atoms with Crippen LogP contribution in [0.15, 0.2) is 18.7 Å². The van der Waals surface area contributed by atoms with E-state index in [2.05, 4.69) is 0 Å². The molecule has 0 spiro atoms. The lowest BCUT2D eigenvalue weighted by Crippen LogP contribution is -2.32. The number of carbonyl (C=O) groups is 2. The van der Waals surface area contributed by atoms with Crippen LogP contribution in [-0.4, -0.2) is 26.7 Å². The molecule has 0 radical (unpaired) electrons. The van der Waals surface area contributed by atoms with Gasteiger partial charge in [-0.25, -0.2) is 9.13 Å². The van der Waals surface area contributed by atoms with Gasteiger partial charge in [0.05, 0.1) is 12.8 Å². The molecular formula is C9H13N2O4+. The fourth-order valence-corrected chi connectivity index (χ4v) is 1.15. The maximum Gasteiger partial charge on any atom is 0.307 e. The Kier molecular flexibility index (Phi) is 3.84. The minimum atomic E-state index is -0.846. The lowest BCUT2D eigenvalue weighted by atomic mass is 10.4. The second-order valence-corrected chi connectivity index (χ2v) is 3.18. The van der Waals surface area contributed by atoms with Crippen molar-refractivity contribution in [3.05, 3.63) is 18.7 Å². The van der Waals surface area contributed by atoms with E-state index in [1.54, 1.807) is 27.9 Å². The van der Waals surface area contributed by atoms with Crippen LogP contribution in [0.5, 0.6) is 0 Å². The zero-order valence-corrected chi connectivity index (χ0v) is 8.17. The molecule has 0 aromatic carbocycles. The fourth-order valence-electron chi connectivity index (χ4n) is 1.15. The van der Waals surface area contributed by atoms with Gasteiger partial charge in [0.15, 0.2) is 0 Å². The Bertz CT molecular complexity index is 326. The zero-order valence-electron chi connectivity index (χ0n) is 8.17. The number of carboxylic acid groups (broad SMARTS) is 2. The molecular weight excluding hydrogens is 200 g/mol. The van der Waals surface area contributed by atoms with E-state index in [9.17, 15) is 9.59 Å². The van der Waals surface area contributed by atoms with Gasteiger partial charge < -0.3 is 10.2 Å². The molecule has 0 unspecified atom stereocenters. The number of carboxylic acids is 2. The van der Waals surface area contributed by atoms with E-state index in [1.165, 1.54) is 0 Å². The van der Waals surface area contributed by atoms with E-state index >= 15 is 0 Å². The molecule has 0 atom stereocenters. The van der Waals surface area contributed by atoms with Gasteiger partial charge in [-0.2, -0.15) is 0 Å². The molecule has 6 nitrogen and oxygen atoms in total. The van der Waals surface area contributed by atoms with Crippen LogP contribution in [0, 0.1) is 0 Å². The number of nitrogens with zero attached hydrogens (tertiary/aromatic N) is 2. The second kappa shape index (κ2) is 5.14. The maximum absolute atomic E-state index is 10.3. The molecule has 2 N–H and O–H groups in total. The van der Waals surface area contributed by atoms with Crippen LogP contribution in [0.25, 0.3) is 0 Å². The summed E-state index contributed by atoms with van der Waals surface area (Å²) in [6, 6.07) is 0. The van der Waals surface area contributed by atoms with Gasteiger partial charge >= 0.3 is 11.9 Å². The third-order valence-corrected chi connectivity index (χ3v) is 1.91. The molecule has 1 aromatic rings. The minimum absolute atomic E-state index is 0.0631. The third kappa shape index (κ3) is 4.26. The molecule has 1 aromatic heterocycles. The van der Waals surface area contributed by atoms with Crippen molar-refractivity contribution in [3.63, 3.8) is 0 Å². The second-order valence-electron chi connectivity index (χ2n) is 3.18. The van der Waals surface area contributed by atoms with Crippen LogP contribution >= 0.6 is 0 Å². The molecule has 0 saturated carbocycles. The van der Waals surface area contributed by atoms with Crippen LogP contribution in [-0.2, 0) is 22.7 Å². The highest BCUT2D eigenvalue weighted by atomic mass is 16.4. The zero-order chi connectivity index (χ0) is 11.3. The first kappa shape index (κ1) is 11.2. The predicted octanol–water partition coefficient (Wildman–Crippen LogP) is -0.275. The van der Waals surface area contributed by atoms with Gasteiger partial charge in [0.2, 0.25) is 6.33 Å². The van der Waals surface area contributed by atoms with Gasteiger partial charge in [-0.05, 0) is 0 Å². The minimum Gasteiger partial charge on any atom is -0.481 e. The summed E-state index contributed by atoms with van der Waals surface area (Å²) < 4.78 is 3.44. The van der Waals surface area contributed by atoms with Gasteiger partial charge in [-0.15, -0.1) is 0 Å². The number of aryl methyl sites for hydroxylation is 2. The normalized spacial score (nSPS) is 10.1. The van der Waals surface area contributed by atoms with Gasteiger partial charge in [0.1, 0.15) is 25.5 Å². The molecule has 82 valence electrons. The predicted molar refractivity (Wildman–Crippen MR) is 49.1 cm³/mol. The summed E-state index contributed by atoms with van der Waals surface area (Å²) in [5.74, 6) is -1.69. The Balaban J connectivity index is 2.41. The molecule has 15 heavy (non-hydrogen) atoms. The van der Waals surface area contributed by atoms with E-state index < -0.39 is 11.9 Å². The molecule has 0 aliphatic carbocycles. The number of aromatic nitrogens is 2. The molecule has 0 aliphatic heterocycles. The van der Waals surface area contributed by atoms with Crippen molar-refractivity contribution in [3.8, 4) is 0 Å². The molecule has 0 bridgehead atoms. The van der Waals surface area contributed by atoms with Crippen molar-refractivity contribution >= 4 is 11.9 Å². The summed E-state index contributed by atoms with van der Waals surface area (Å²) in [4.78, 5) is 20.6. The van der Waals surface area contributed by atoms with Crippen molar-refractivity contribution in [2.45, 2.75) is 25.9 Å². The van der Waals surface area contributed by atoms with Gasteiger partial charge in [0.25, 0.3) is 0 Å². The van der Waals surface area contributed by atoms with Crippen molar-refractivity contribution < 1.29 is 24.4 Å². The number of rotatable bonds is 6. The molecule has 0 fully saturated rings. The average Bonchev–Trinajstić information content (AvgIpc) is 2.59. The highest BCUT2D eigenvalue weighted by Crippen LogP contribution is 1.90. The third-order valence-electron chi connectivity index (χ3n) is 1.91. The van der Waals surface area contributed by atoms with Crippen LogP contribution in [0.4, 0.5) is 0 Å². The number of hydrogen-bond acceptors (Lipinski definition) is 2. The topological polar surface area (TPSA) is 83.4 Å². The molecule has 0 amide bonds. The summed E-state index contributed by atoms with van der Waals surface area (Å²) in [6.45, 7) is 0.796. The largest absolute Gasteiger partial charge is 0.481 e. The van der Waals surface area contributed by atoms with E-state index in [0.717, 1.165) is 0 Å². The summed E-state index contributed by atoms with van der Waals surface area (Å²) in [5.41, 5.74) is 0. The summed E-state index contributed by atoms with van der Waals surface area (Å²) in [5, 5.41) is 16.9. The Morgan fingerprint density at radius 1 is 1.20 bits per heavy atom. The number of aliphatic carboxylic acids is 2. The molecule has 0 aliphatic rings. The highest BCUT2D eigenvalue weighted by molar-refractivity contribution is 5.66. The smallest absolute Gasteiger partial charge is 0.307 e. The van der Waals surface area contributed by atoms with E-state index in [0.29, 0.717) is 13.1 Å². The highest BCUT2D eigenvalue weighted by Gasteiger charge is 2.07. The monoisotopic (exact) mass is 213 g/mol. The Morgan fingerprint density at radius 2 is 1.87 bits per heavy atom. The van der Waals surface area contributed by atoms with Gasteiger partial charge in [-0.3, -0.25) is 9.59 Å². The number of hydrogen-bond donors (Lipinski definition) is 2. The molecule has 1 rings (SSSR count). The van der Waals surface area contributed by atoms with E-state index in [-0.39, 0.29) is 12.8 Å². The van der Waals surface area contributed by atoms with Crippen molar-refractivity contribution in [2.75, 3.05) is 0 Å². The molecule has 1 heterocycles. The first-order valence-corrected chi connectivity index (χ1v) is 4.56. The van der Waals surface area contributed by atoms with E-state index in [4.69, 9.17) is 10.2 Å². The quantitative estimate of drug-likeness (QED) is 0.637. The van der Waals surface area contributed by atoms with Gasteiger partial charge in [-0.1, -0.05) is 0 Å². The summed E-state index contributed by atoms with van der Waals surface area (Å²) in [6.07, 6.45) is 5.28. The van der Waals surface area contributed by atoms with Crippen LogP contribution < -0.4 is 4.57 Å². The first-order chi connectivity index (χ1) is 7.08. The van der Waals surface area contributed by atoms with Crippen molar-refractivity contribution in [1.82, 2.24) is 4.57 Å². The SMILES string of the molecule is O=C(O)CCn1cc[n+](CCC(=O)O)c1. The first-order valence-electron chi connectivity index (χ1n) is 4.56. The van der Waals surface area contributed by atoms with E-state index in [1.807, 2.05) is 0 Å². The Labute approximate surface area is 86.4 Å². The fraction of sp³-hybridized carbons (Fsp3) is 0.444. The molecule has 0 saturated heterocycles. The summed E-state index contributed by atoms with van der Waals surface area (Å²) in [7, 11) is 0. The maximum atomic E-state index is 10.3. The van der Waals surface area contributed by atoms with Crippen molar-refractivity contribution in [2.24, 2.45) is 0 Å². The lowest BCUT2D eigenvalue weighted by molar-refractivity contribution is -0.695. The van der Waals surface area contributed by atoms with Crippen molar-refractivity contribution in [1.29, 1.82) is 0 Å². The Hall–Kier alpha value is -1.85. The number of imidazole rings is 1. The Morgan fingerprint density at radius 3 is 2.47 bits per heavy atom. The standard InChI is InChI=1S/C9H12N2O4/c12-8(13)1-3-10-5-6-11(7-10)4-2-9(14)15/h5-7H,1-4H2,(H-,12,13,14,15)/p+1. The lowest BCUT2D eigenvalue weighted by Gasteiger charge is -1.92. The van der Waals surface area contributed by atoms with Gasteiger partial charge in [0, 0.05) is 0 Å².